The standard InChI is InChI=1S/C20H21N5O2S/c1-12-23-24-20(28-12)14-4-13-5-15(21-8-19(13)22-7-14)6-16(26)9-25-10-17-2-3-18(11-25)27-17/h4-5,7-8,17-18H,2-3,6,9-11H2,1H3. The zero-order valence-electron chi connectivity index (χ0n) is 15.7. The number of morpholine rings is 1. The monoisotopic (exact) mass is 395 g/mol. The largest absolute Gasteiger partial charge is 0.372 e. The molecule has 28 heavy (non-hydrogen) atoms. The molecule has 2 atom stereocenters. The molecule has 2 aliphatic heterocycles. The van der Waals surface area contributed by atoms with E-state index in [4.69, 9.17) is 4.74 Å². The minimum absolute atomic E-state index is 0.192. The van der Waals surface area contributed by atoms with Gasteiger partial charge in [0.1, 0.15) is 10.0 Å². The van der Waals surface area contributed by atoms with Crippen molar-refractivity contribution in [2.45, 2.75) is 38.4 Å². The molecule has 5 heterocycles. The Bertz CT molecular complexity index is 1020. The number of hydrogen-bond acceptors (Lipinski definition) is 8. The Hall–Kier alpha value is -2.29. The Morgan fingerprint density at radius 1 is 1.18 bits per heavy atom. The molecular formula is C20H21N5O2S. The average Bonchev–Trinajstić information content (AvgIpc) is 3.26. The predicted octanol–water partition coefficient (Wildman–Crippen LogP) is 2.43. The molecule has 3 aromatic heterocycles. The van der Waals surface area contributed by atoms with Gasteiger partial charge in [0.2, 0.25) is 0 Å². The Kier molecular flexibility index (Phi) is 4.62. The zero-order chi connectivity index (χ0) is 19.1. The Balaban J connectivity index is 1.30. The Morgan fingerprint density at radius 2 is 2.00 bits per heavy atom. The van der Waals surface area contributed by atoms with Crippen molar-refractivity contribution in [3.05, 3.63) is 35.2 Å². The number of carbonyl (C=O) groups is 1. The quantitative estimate of drug-likeness (QED) is 0.656. The average molecular weight is 395 g/mol. The van der Waals surface area contributed by atoms with E-state index in [2.05, 4.69) is 25.1 Å². The van der Waals surface area contributed by atoms with E-state index in [0.717, 1.165) is 58.1 Å². The molecule has 0 spiro atoms. The Morgan fingerprint density at radius 3 is 2.75 bits per heavy atom. The molecule has 0 saturated carbocycles. The van der Waals surface area contributed by atoms with Crippen LogP contribution in [0.3, 0.4) is 0 Å². The first-order valence-corrected chi connectivity index (χ1v) is 10.4. The van der Waals surface area contributed by atoms with E-state index < -0.39 is 0 Å². The molecule has 0 aliphatic carbocycles. The lowest BCUT2D eigenvalue weighted by atomic mass is 10.1. The second-order valence-corrected chi connectivity index (χ2v) is 8.77. The van der Waals surface area contributed by atoms with E-state index in [9.17, 15) is 4.79 Å². The van der Waals surface area contributed by atoms with Crippen molar-refractivity contribution in [2.75, 3.05) is 19.6 Å². The summed E-state index contributed by atoms with van der Waals surface area (Å²) >= 11 is 1.54. The highest BCUT2D eigenvalue weighted by atomic mass is 32.1. The summed E-state index contributed by atoms with van der Waals surface area (Å²) < 4.78 is 5.84. The minimum atomic E-state index is 0.192. The molecule has 5 rings (SSSR count). The lowest BCUT2D eigenvalue weighted by Crippen LogP contribution is -2.45. The summed E-state index contributed by atoms with van der Waals surface area (Å²) in [5, 5.41) is 11.0. The van der Waals surface area contributed by atoms with Gasteiger partial charge in [-0.25, -0.2) is 0 Å². The molecule has 0 aromatic carbocycles. The van der Waals surface area contributed by atoms with Crippen molar-refractivity contribution in [2.24, 2.45) is 0 Å². The minimum Gasteiger partial charge on any atom is -0.372 e. The number of ketones is 1. The van der Waals surface area contributed by atoms with E-state index in [1.54, 1.807) is 23.7 Å². The summed E-state index contributed by atoms with van der Waals surface area (Å²) in [7, 11) is 0. The number of nitrogens with zero attached hydrogens (tertiary/aromatic N) is 5. The van der Waals surface area contributed by atoms with Gasteiger partial charge in [-0.3, -0.25) is 19.7 Å². The maximum Gasteiger partial charge on any atom is 0.152 e. The van der Waals surface area contributed by atoms with Crippen molar-refractivity contribution >= 4 is 28.0 Å². The van der Waals surface area contributed by atoms with Crippen LogP contribution in [-0.2, 0) is 16.0 Å². The molecule has 3 aromatic rings. The lowest BCUT2D eigenvalue weighted by molar-refractivity contribution is -0.122. The fourth-order valence-corrected chi connectivity index (χ4v) is 4.71. The van der Waals surface area contributed by atoms with Crippen molar-refractivity contribution in [3.63, 3.8) is 0 Å². The van der Waals surface area contributed by atoms with Crippen LogP contribution in [0.5, 0.6) is 0 Å². The van der Waals surface area contributed by atoms with Crippen LogP contribution in [0.2, 0.25) is 0 Å². The van der Waals surface area contributed by atoms with Crippen LogP contribution in [0.25, 0.3) is 21.5 Å². The molecule has 2 unspecified atom stereocenters. The number of ether oxygens (including phenoxy) is 1. The van der Waals surface area contributed by atoms with Gasteiger partial charge in [0, 0.05) is 35.9 Å². The van der Waals surface area contributed by atoms with Crippen LogP contribution in [0, 0.1) is 6.92 Å². The highest BCUT2D eigenvalue weighted by molar-refractivity contribution is 7.14. The van der Waals surface area contributed by atoms with Crippen LogP contribution in [0.4, 0.5) is 0 Å². The lowest BCUT2D eigenvalue weighted by Gasteiger charge is -2.31. The van der Waals surface area contributed by atoms with Gasteiger partial charge in [-0.05, 0) is 31.9 Å². The van der Waals surface area contributed by atoms with Crippen molar-refractivity contribution in [1.29, 1.82) is 0 Å². The topological polar surface area (TPSA) is 81.1 Å². The summed E-state index contributed by atoms with van der Waals surface area (Å²) in [5.41, 5.74) is 2.53. The van der Waals surface area contributed by atoms with Crippen LogP contribution in [0.15, 0.2) is 24.5 Å². The molecule has 8 heteroatoms. The summed E-state index contributed by atoms with van der Waals surface area (Å²) in [6.45, 7) is 4.13. The number of likely N-dealkylation sites (tertiary alicyclic amines) is 1. The van der Waals surface area contributed by atoms with Gasteiger partial charge in [0.25, 0.3) is 0 Å². The first-order valence-electron chi connectivity index (χ1n) is 9.57. The first-order chi connectivity index (χ1) is 13.6. The number of aromatic nitrogens is 4. The molecule has 2 fully saturated rings. The SMILES string of the molecule is Cc1nnc(-c2cnc3cnc(CC(=O)CN4CC5CCC(C4)O5)cc3c2)s1. The molecule has 144 valence electrons. The van der Waals surface area contributed by atoms with Crippen LogP contribution in [0.1, 0.15) is 23.5 Å². The van der Waals surface area contributed by atoms with Crippen molar-refractivity contribution in [3.8, 4) is 10.6 Å². The van der Waals surface area contributed by atoms with Crippen molar-refractivity contribution < 1.29 is 9.53 Å². The maximum absolute atomic E-state index is 12.6. The van der Waals surface area contributed by atoms with E-state index >= 15 is 0 Å². The first kappa shape index (κ1) is 17.8. The third-order valence-corrected chi connectivity index (χ3v) is 6.18. The predicted molar refractivity (Wildman–Crippen MR) is 106 cm³/mol. The smallest absolute Gasteiger partial charge is 0.152 e. The number of aryl methyl sites for hydroxylation is 1. The fraction of sp³-hybridized carbons (Fsp3) is 0.450. The summed E-state index contributed by atoms with van der Waals surface area (Å²) in [4.78, 5) is 23.7. The van der Waals surface area contributed by atoms with Crippen molar-refractivity contribution in [1.82, 2.24) is 25.1 Å². The number of pyridine rings is 2. The van der Waals surface area contributed by atoms with Crippen LogP contribution < -0.4 is 0 Å². The number of carbonyl (C=O) groups excluding carboxylic acids is 1. The number of hydrogen-bond donors (Lipinski definition) is 0. The summed E-state index contributed by atoms with van der Waals surface area (Å²) in [6.07, 6.45) is 6.71. The van der Waals surface area contributed by atoms with E-state index in [0.29, 0.717) is 25.2 Å². The van der Waals surface area contributed by atoms with Gasteiger partial charge < -0.3 is 4.74 Å². The van der Waals surface area contributed by atoms with E-state index in [1.807, 2.05) is 19.1 Å². The second-order valence-electron chi connectivity index (χ2n) is 7.59. The maximum atomic E-state index is 12.6. The highest BCUT2D eigenvalue weighted by Gasteiger charge is 2.34. The van der Waals surface area contributed by atoms with Gasteiger partial charge in [0.15, 0.2) is 5.78 Å². The molecule has 2 saturated heterocycles. The molecular weight excluding hydrogens is 374 g/mol. The molecule has 2 aliphatic rings. The number of rotatable bonds is 5. The number of Topliss-reactive ketones (excluding diaryl/α,β-unsaturated/α-hetero) is 1. The van der Waals surface area contributed by atoms with Gasteiger partial charge in [-0.1, -0.05) is 11.3 Å². The molecule has 0 radical (unpaired) electrons. The molecule has 7 nitrogen and oxygen atoms in total. The second kappa shape index (κ2) is 7.27. The molecule has 2 bridgehead atoms. The van der Waals surface area contributed by atoms with Gasteiger partial charge in [0.05, 0.1) is 36.9 Å². The van der Waals surface area contributed by atoms with E-state index in [-0.39, 0.29) is 5.78 Å². The van der Waals surface area contributed by atoms with Gasteiger partial charge in [-0.15, -0.1) is 10.2 Å². The summed E-state index contributed by atoms with van der Waals surface area (Å²) in [5.74, 6) is 0.192. The zero-order valence-corrected chi connectivity index (χ0v) is 16.5. The third kappa shape index (κ3) is 3.67. The van der Waals surface area contributed by atoms with Gasteiger partial charge in [-0.2, -0.15) is 0 Å². The van der Waals surface area contributed by atoms with Crippen LogP contribution >= 0.6 is 11.3 Å². The number of fused-ring (bicyclic) bond motifs is 3. The fourth-order valence-electron chi connectivity index (χ4n) is 4.04. The summed E-state index contributed by atoms with van der Waals surface area (Å²) in [6, 6.07) is 4.00. The van der Waals surface area contributed by atoms with E-state index in [1.165, 1.54) is 0 Å². The normalized spacial score (nSPS) is 22.0. The highest BCUT2D eigenvalue weighted by Crippen LogP contribution is 2.27. The Labute approximate surface area is 166 Å². The van der Waals surface area contributed by atoms with Crippen LogP contribution in [-0.4, -0.2) is 62.7 Å². The molecule has 0 amide bonds. The molecule has 0 N–H and O–H groups in total. The third-order valence-electron chi connectivity index (χ3n) is 5.29. The van der Waals surface area contributed by atoms with Gasteiger partial charge >= 0.3 is 0 Å².